The van der Waals surface area contributed by atoms with Crippen molar-refractivity contribution in [1.29, 1.82) is 0 Å². The molecule has 0 aliphatic carbocycles. The number of hydrogen-bond donors (Lipinski definition) is 0. The molecule has 0 fully saturated rings. The first kappa shape index (κ1) is 14.1. The summed E-state index contributed by atoms with van der Waals surface area (Å²) >= 11 is 0. The first-order valence-corrected chi connectivity index (χ1v) is 6.23. The third kappa shape index (κ3) is 4.06. The average Bonchev–Trinajstić information content (AvgIpc) is 2.36. The molecular weight excluding hydrogens is 257 g/mol. The van der Waals surface area contributed by atoms with Crippen LogP contribution in [-0.2, 0) is 16.0 Å². The molecule has 104 valence electrons. The van der Waals surface area contributed by atoms with Crippen molar-refractivity contribution < 1.29 is 22.7 Å². The van der Waals surface area contributed by atoms with E-state index in [4.69, 9.17) is 4.74 Å². The van der Waals surface area contributed by atoms with Gasteiger partial charge in [0.1, 0.15) is 5.78 Å². The second kappa shape index (κ2) is 5.74. The molecule has 0 amide bonds. The summed E-state index contributed by atoms with van der Waals surface area (Å²) in [5, 5.41) is 0. The van der Waals surface area contributed by atoms with Gasteiger partial charge in [0.2, 0.25) is 0 Å². The Bertz CT molecular complexity index is 454. The molecule has 1 aliphatic heterocycles. The number of benzene rings is 1. The van der Waals surface area contributed by atoms with Crippen molar-refractivity contribution in [2.75, 3.05) is 6.61 Å². The summed E-state index contributed by atoms with van der Waals surface area (Å²) in [5.74, 6) is -0.404. The van der Waals surface area contributed by atoms with Crippen LogP contribution in [0.4, 0.5) is 13.2 Å². The fraction of sp³-hybridized carbons (Fsp3) is 0.500. The quantitative estimate of drug-likeness (QED) is 0.837. The minimum atomic E-state index is -4.28. The van der Waals surface area contributed by atoms with Crippen molar-refractivity contribution >= 4 is 5.78 Å². The molecule has 1 aromatic rings. The number of carbonyl (C=O) groups is 1. The van der Waals surface area contributed by atoms with Gasteiger partial charge < -0.3 is 4.74 Å². The lowest BCUT2D eigenvalue weighted by molar-refractivity contribution is -0.144. The minimum absolute atomic E-state index is 0.0209. The van der Waals surface area contributed by atoms with E-state index in [0.29, 0.717) is 6.61 Å². The maximum atomic E-state index is 12.1. The Kier molecular flexibility index (Phi) is 4.24. The van der Waals surface area contributed by atoms with Crippen molar-refractivity contribution in [3.05, 3.63) is 35.4 Å². The van der Waals surface area contributed by atoms with Crippen molar-refractivity contribution in [2.45, 2.75) is 38.0 Å². The topological polar surface area (TPSA) is 26.3 Å². The van der Waals surface area contributed by atoms with E-state index in [1.165, 1.54) is 0 Å². The molecule has 1 unspecified atom stereocenters. The first-order chi connectivity index (χ1) is 8.96. The number of carbonyl (C=O) groups excluding carboxylic acids is 1. The van der Waals surface area contributed by atoms with E-state index < -0.39 is 30.9 Å². The van der Waals surface area contributed by atoms with Crippen molar-refractivity contribution in [3.8, 4) is 0 Å². The van der Waals surface area contributed by atoms with E-state index in [2.05, 4.69) is 0 Å². The SMILES string of the molecule is O=C(CCC(F)(F)F)CC1OCCc2ccccc21. The molecule has 0 spiro atoms. The van der Waals surface area contributed by atoms with E-state index in [1.54, 1.807) is 0 Å². The molecule has 5 heteroatoms. The van der Waals surface area contributed by atoms with Gasteiger partial charge in [-0.2, -0.15) is 13.2 Å². The van der Waals surface area contributed by atoms with Gasteiger partial charge in [-0.05, 0) is 17.5 Å². The van der Waals surface area contributed by atoms with Gasteiger partial charge in [-0.15, -0.1) is 0 Å². The van der Waals surface area contributed by atoms with Gasteiger partial charge >= 0.3 is 6.18 Å². The second-order valence-electron chi connectivity index (χ2n) is 4.67. The Balaban J connectivity index is 1.95. The Morgan fingerprint density at radius 1 is 1.32 bits per heavy atom. The van der Waals surface area contributed by atoms with E-state index >= 15 is 0 Å². The van der Waals surface area contributed by atoms with Crippen molar-refractivity contribution in [1.82, 2.24) is 0 Å². The Morgan fingerprint density at radius 3 is 2.79 bits per heavy atom. The number of Topliss-reactive ketones (excluding diaryl/α,β-unsaturated/α-hetero) is 1. The van der Waals surface area contributed by atoms with Gasteiger partial charge in [0, 0.05) is 12.8 Å². The van der Waals surface area contributed by atoms with Crippen molar-refractivity contribution in [2.24, 2.45) is 0 Å². The van der Waals surface area contributed by atoms with Gasteiger partial charge in [-0.25, -0.2) is 0 Å². The summed E-state index contributed by atoms with van der Waals surface area (Å²) in [7, 11) is 0. The smallest absolute Gasteiger partial charge is 0.373 e. The molecule has 0 saturated carbocycles. The highest BCUT2D eigenvalue weighted by Crippen LogP contribution is 2.31. The van der Waals surface area contributed by atoms with E-state index in [-0.39, 0.29) is 6.42 Å². The summed E-state index contributed by atoms with van der Waals surface area (Å²) in [4.78, 5) is 11.6. The molecule has 0 saturated heterocycles. The molecule has 0 radical (unpaired) electrons. The number of ketones is 1. The number of ether oxygens (including phenoxy) is 1. The molecule has 0 N–H and O–H groups in total. The molecule has 2 rings (SSSR count). The van der Waals surface area contributed by atoms with Crippen LogP contribution in [0.3, 0.4) is 0 Å². The molecule has 19 heavy (non-hydrogen) atoms. The van der Waals surface area contributed by atoms with Crippen molar-refractivity contribution in [3.63, 3.8) is 0 Å². The predicted molar refractivity (Wildman–Crippen MR) is 63.8 cm³/mol. The molecular formula is C14H15F3O2. The van der Waals surface area contributed by atoms with E-state index in [9.17, 15) is 18.0 Å². The van der Waals surface area contributed by atoms with Gasteiger partial charge in [0.15, 0.2) is 0 Å². The number of alkyl halides is 3. The van der Waals surface area contributed by atoms with Crippen LogP contribution < -0.4 is 0 Å². The highest BCUT2D eigenvalue weighted by Gasteiger charge is 2.29. The fourth-order valence-electron chi connectivity index (χ4n) is 2.24. The lowest BCUT2D eigenvalue weighted by Gasteiger charge is -2.25. The monoisotopic (exact) mass is 272 g/mol. The van der Waals surface area contributed by atoms with Crippen LogP contribution in [-0.4, -0.2) is 18.6 Å². The number of rotatable bonds is 4. The van der Waals surface area contributed by atoms with Crippen LogP contribution in [0.15, 0.2) is 24.3 Å². The number of fused-ring (bicyclic) bond motifs is 1. The van der Waals surface area contributed by atoms with Gasteiger partial charge in [-0.3, -0.25) is 4.79 Å². The molecule has 1 aliphatic rings. The largest absolute Gasteiger partial charge is 0.389 e. The maximum Gasteiger partial charge on any atom is 0.389 e. The molecule has 2 nitrogen and oxygen atoms in total. The lowest BCUT2D eigenvalue weighted by atomic mass is 9.94. The van der Waals surface area contributed by atoms with Crippen LogP contribution in [0.5, 0.6) is 0 Å². The third-order valence-corrected chi connectivity index (χ3v) is 3.19. The van der Waals surface area contributed by atoms with E-state index in [0.717, 1.165) is 17.5 Å². The molecule has 1 atom stereocenters. The highest BCUT2D eigenvalue weighted by molar-refractivity contribution is 5.79. The summed E-state index contributed by atoms with van der Waals surface area (Å²) in [5.41, 5.74) is 2.04. The number of hydrogen-bond acceptors (Lipinski definition) is 2. The van der Waals surface area contributed by atoms with Crippen LogP contribution in [0, 0.1) is 0 Å². The zero-order valence-corrected chi connectivity index (χ0v) is 10.4. The number of halogens is 3. The van der Waals surface area contributed by atoms with Crippen LogP contribution in [0.2, 0.25) is 0 Å². The van der Waals surface area contributed by atoms with Gasteiger partial charge in [0.05, 0.1) is 19.1 Å². The average molecular weight is 272 g/mol. The zero-order chi connectivity index (χ0) is 13.9. The fourth-order valence-corrected chi connectivity index (χ4v) is 2.24. The Labute approximate surface area is 109 Å². The summed E-state index contributed by atoms with van der Waals surface area (Å²) in [6.45, 7) is 0.508. The maximum absolute atomic E-state index is 12.1. The third-order valence-electron chi connectivity index (χ3n) is 3.19. The predicted octanol–water partition coefficient (Wildman–Crippen LogP) is 3.60. The molecule has 0 aromatic heterocycles. The Hall–Kier alpha value is -1.36. The summed E-state index contributed by atoms with van der Waals surface area (Å²) in [6.07, 6.45) is -5.39. The lowest BCUT2D eigenvalue weighted by Crippen LogP contribution is -2.20. The normalized spacial score (nSPS) is 19.0. The second-order valence-corrected chi connectivity index (χ2v) is 4.67. The molecule has 1 heterocycles. The van der Waals surface area contributed by atoms with Crippen LogP contribution in [0.25, 0.3) is 0 Å². The standard InChI is InChI=1S/C14H15F3O2/c15-14(16,17)7-5-11(18)9-13-12-4-2-1-3-10(12)6-8-19-13/h1-4,13H,5-9H2. The van der Waals surface area contributed by atoms with Gasteiger partial charge in [0.25, 0.3) is 0 Å². The summed E-state index contributed by atoms with van der Waals surface area (Å²) in [6, 6.07) is 7.59. The first-order valence-electron chi connectivity index (χ1n) is 6.23. The van der Waals surface area contributed by atoms with E-state index in [1.807, 2.05) is 24.3 Å². The van der Waals surface area contributed by atoms with Gasteiger partial charge in [-0.1, -0.05) is 24.3 Å². The van der Waals surface area contributed by atoms with Crippen LogP contribution in [0.1, 0.15) is 36.5 Å². The molecule has 0 bridgehead atoms. The highest BCUT2D eigenvalue weighted by atomic mass is 19.4. The molecule has 1 aromatic carbocycles. The summed E-state index contributed by atoms with van der Waals surface area (Å²) < 4.78 is 41.7. The van der Waals surface area contributed by atoms with Crippen LogP contribution >= 0.6 is 0 Å². The zero-order valence-electron chi connectivity index (χ0n) is 10.4. The minimum Gasteiger partial charge on any atom is -0.373 e. The Morgan fingerprint density at radius 2 is 2.05 bits per heavy atom.